The second-order valence-electron chi connectivity index (χ2n) is 6.16. The van der Waals surface area contributed by atoms with Gasteiger partial charge in [-0.2, -0.15) is 5.10 Å². The summed E-state index contributed by atoms with van der Waals surface area (Å²) in [4.78, 5) is 23.7. The number of phenols is 1. The van der Waals surface area contributed by atoms with Gasteiger partial charge in [-0.25, -0.2) is 5.43 Å². The van der Waals surface area contributed by atoms with Gasteiger partial charge in [0.05, 0.1) is 6.21 Å². The molecule has 6 nitrogen and oxygen atoms in total. The first-order valence-corrected chi connectivity index (χ1v) is 8.34. The maximum atomic E-state index is 11.9. The molecule has 0 unspecified atom stereocenters. The molecule has 0 spiro atoms. The van der Waals surface area contributed by atoms with Gasteiger partial charge in [0.25, 0.3) is 0 Å². The van der Waals surface area contributed by atoms with Crippen molar-refractivity contribution in [3.05, 3.63) is 58.7 Å². The van der Waals surface area contributed by atoms with E-state index < -0.39 is 0 Å². The number of carbonyl (C=O) groups is 2. The van der Waals surface area contributed by atoms with Crippen LogP contribution in [0.15, 0.2) is 41.5 Å². The van der Waals surface area contributed by atoms with Crippen LogP contribution < -0.4 is 10.7 Å². The van der Waals surface area contributed by atoms with Crippen LogP contribution in [0, 0.1) is 20.8 Å². The zero-order valence-electron chi connectivity index (χ0n) is 15.2. The summed E-state index contributed by atoms with van der Waals surface area (Å²) in [5, 5.41) is 16.4. The van der Waals surface area contributed by atoms with Gasteiger partial charge in [0, 0.05) is 18.5 Å². The number of hydrazone groups is 1. The first-order valence-electron chi connectivity index (χ1n) is 8.34. The lowest BCUT2D eigenvalue weighted by Gasteiger charge is -2.07. The van der Waals surface area contributed by atoms with Gasteiger partial charge in [-0.1, -0.05) is 18.2 Å². The summed E-state index contributed by atoms with van der Waals surface area (Å²) in [7, 11) is 0. The van der Waals surface area contributed by atoms with Gasteiger partial charge < -0.3 is 10.4 Å². The molecule has 3 N–H and O–H groups in total. The summed E-state index contributed by atoms with van der Waals surface area (Å²) in [5.41, 5.74) is 6.37. The van der Waals surface area contributed by atoms with Gasteiger partial charge in [0.1, 0.15) is 5.75 Å². The molecule has 0 saturated carbocycles. The van der Waals surface area contributed by atoms with Crippen molar-refractivity contribution in [3.63, 3.8) is 0 Å². The van der Waals surface area contributed by atoms with E-state index in [0.717, 1.165) is 27.9 Å². The Balaban J connectivity index is 1.80. The lowest BCUT2D eigenvalue weighted by atomic mass is 10.1. The van der Waals surface area contributed by atoms with Crippen LogP contribution in [0.3, 0.4) is 0 Å². The molecule has 2 rings (SSSR count). The van der Waals surface area contributed by atoms with E-state index >= 15 is 0 Å². The number of amides is 2. The van der Waals surface area contributed by atoms with Crippen molar-refractivity contribution in [2.75, 3.05) is 5.32 Å². The number of carbonyl (C=O) groups excluding carboxylic acids is 2. The maximum absolute atomic E-state index is 11.9. The summed E-state index contributed by atoms with van der Waals surface area (Å²) >= 11 is 0. The highest BCUT2D eigenvalue weighted by molar-refractivity contribution is 5.94. The fraction of sp³-hybridized carbons (Fsp3) is 0.250. The van der Waals surface area contributed by atoms with E-state index in [-0.39, 0.29) is 30.4 Å². The van der Waals surface area contributed by atoms with E-state index in [4.69, 9.17) is 0 Å². The van der Waals surface area contributed by atoms with Crippen LogP contribution in [-0.4, -0.2) is 23.1 Å². The minimum absolute atomic E-state index is 0.0443. The quantitative estimate of drug-likeness (QED) is 0.550. The van der Waals surface area contributed by atoms with Crippen LogP contribution in [0.4, 0.5) is 5.69 Å². The zero-order valence-corrected chi connectivity index (χ0v) is 15.2. The van der Waals surface area contributed by atoms with Crippen molar-refractivity contribution in [1.29, 1.82) is 0 Å². The second-order valence-corrected chi connectivity index (χ2v) is 6.16. The number of rotatable bonds is 6. The molecule has 0 saturated heterocycles. The lowest BCUT2D eigenvalue weighted by Crippen LogP contribution is -2.20. The molecule has 0 radical (unpaired) electrons. The van der Waals surface area contributed by atoms with Gasteiger partial charge in [-0.05, 0) is 61.2 Å². The Morgan fingerprint density at radius 2 is 1.62 bits per heavy atom. The van der Waals surface area contributed by atoms with E-state index in [2.05, 4.69) is 15.8 Å². The van der Waals surface area contributed by atoms with Crippen molar-refractivity contribution in [2.45, 2.75) is 33.6 Å². The topological polar surface area (TPSA) is 90.8 Å². The van der Waals surface area contributed by atoms with Crippen molar-refractivity contribution in [3.8, 4) is 5.75 Å². The largest absolute Gasteiger partial charge is 0.507 e. The van der Waals surface area contributed by atoms with Crippen molar-refractivity contribution < 1.29 is 14.7 Å². The Bertz CT molecular complexity index is 821. The SMILES string of the molecule is Cc1ccccc1NC(=O)CCC(=O)N/N=C/c1cc(C)c(O)c(C)c1. The average Bonchev–Trinajstić information content (AvgIpc) is 2.60. The zero-order chi connectivity index (χ0) is 19.1. The Morgan fingerprint density at radius 3 is 2.27 bits per heavy atom. The van der Waals surface area contributed by atoms with Crippen LogP contribution in [-0.2, 0) is 9.59 Å². The summed E-state index contributed by atoms with van der Waals surface area (Å²) < 4.78 is 0. The molecule has 0 bridgehead atoms. The number of anilines is 1. The molecule has 0 fully saturated rings. The maximum Gasteiger partial charge on any atom is 0.240 e. The van der Waals surface area contributed by atoms with Gasteiger partial charge in [0.15, 0.2) is 0 Å². The molecule has 6 heteroatoms. The number of benzene rings is 2. The summed E-state index contributed by atoms with van der Waals surface area (Å²) in [6.07, 6.45) is 1.63. The summed E-state index contributed by atoms with van der Waals surface area (Å²) in [5.74, 6) is -0.303. The molecule has 0 heterocycles. The highest BCUT2D eigenvalue weighted by atomic mass is 16.3. The van der Waals surface area contributed by atoms with E-state index in [1.165, 1.54) is 6.21 Å². The molecular formula is C20H23N3O3. The molecule has 0 aliphatic heterocycles. The Kier molecular flexibility index (Phi) is 6.49. The number of aromatic hydroxyl groups is 1. The predicted molar refractivity (Wildman–Crippen MR) is 102 cm³/mol. The fourth-order valence-electron chi connectivity index (χ4n) is 2.45. The van der Waals surface area contributed by atoms with Crippen LogP contribution in [0.25, 0.3) is 0 Å². The Morgan fingerprint density at radius 1 is 1.00 bits per heavy atom. The standard InChI is InChI=1S/C20H23N3O3/c1-13-6-4-5-7-17(13)22-18(24)8-9-19(25)23-21-12-16-10-14(2)20(26)15(3)11-16/h4-7,10-12,26H,8-9H2,1-3H3,(H,22,24)(H,23,25)/b21-12+. The summed E-state index contributed by atoms with van der Waals surface area (Å²) in [6, 6.07) is 11.0. The van der Waals surface area contributed by atoms with Crippen molar-refractivity contribution in [1.82, 2.24) is 5.43 Å². The Labute approximate surface area is 152 Å². The highest BCUT2D eigenvalue weighted by Crippen LogP contribution is 2.22. The van der Waals surface area contributed by atoms with E-state index in [9.17, 15) is 14.7 Å². The number of phenolic OH excluding ortho intramolecular Hbond substituents is 1. The van der Waals surface area contributed by atoms with Crippen LogP contribution in [0.2, 0.25) is 0 Å². The first kappa shape index (κ1) is 19.2. The van der Waals surface area contributed by atoms with E-state index in [1.807, 2.05) is 31.2 Å². The van der Waals surface area contributed by atoms with Gasteiger partial charge >= 0.3 is 0 Å². The van der Waals surface area contributed by atoms with Crippen LogP contribution in [0.1, 0.15) is 35.1 Å². The number of nitrogens with one attached hydrogen (secondary N) is 2. The number of hydrogen-bond donors (Lipinski definition) is 3. The number of nitrogens with zero attached hydrogens (tertiary/aromatic N) is 1. The minimum Gasteiger partial charge on any atom is -0.507 e. The smallest absolute Gasteiger partial charge is 0.240 e. The monoisotopic (exact) mass is 353 g/mol. The first-order chi connectivity index (χ1) is 12.4. The van der Waals surface area contributed by atoms with E-state index in [1.54, 1.807) is 26.0 Å². The van der Waals surface area contributed by atoms with Crippen molar-refractivity contribution in [2.24, 2.45) is 5.10 Å². The minimum atomic E-state index is -0.339. The van der Waals surface area contributed by atoms with Crippen molar-refractivity contribution >= 4 is 23.7 Å². The molecule has 26 heavy (non-hydrogen) atoms. The van der Waals surface area contributed by atoms with Crippen LogP contribution in [0.5, 0.6) is 5.75 Å². The number of aryl methyl sites for hydroxylation is 3. The molecule has 0 aliphatic carbocycles. The molecule has 0 atom stereocenters. The van der Waals surface area contributed by atoms with Crippen LogP contribution >= 0.6 is 0 Å². The molecule has 2 aromatic carbocycles. The molecule has 136 valence electrons. The third-order valence-electron chi connectivity index (χ3n) is 3.91. The molecule has 0 aromatic heterocycles. The normalized spacial score (nSPS) is 10.7. The molecule has 2 amide bonds. The third kappa shape index (κ3) is 5.44. The molecular weight excluding hydrogens is 330 g/mol. The number of hydrogen-bond acceptors (Lipinski definition) is 4. The van der Waals surface area contributed by atoms with Gasteiger partial charge in [0.2, 0.25) is 11.8 Å². The average molecular weight is 353 g/mol. The second kappa shape index (κ2) is 8.80. The highest BCUT2D eigenvalue weighted by Gasteiger charge is 2.08. The number of para-hydroxylation sites is 1. The fourth-order valence-corrected chi connectivity index (χ4v) is 2.45. The Hall–Kier alpha value is -3.15. The predicted octanol–water partition coefficient (Wildman–Crippen LogP) is 3.19. The van der Waals surface area contributed by atoms with Gasteiger partial charge in [-0.3, -0.25) is 9.59 Å². The van der Waals surface area contributed by atoms with E-state index in [0.29, 0.717) is 0 Å². The molecule has 2 aromatic rings. The van der Waals surface area contributed by atoms with Gasteiger partial charge in [-0.15, -0.1) is 0 Å². The summed E-state index contributed by atoms with van der Waals surface area (Å²) in [6.45, 7) is 5.50. The lowest BCUT2D eigenvalue weighted by molar-refractivity contribution is -0.124. The third-order valence-corrected chi connectivity index (χ3v) is 3.91. The molecule has 0 aliphatic rings.